The van der Waals surface area contributed by atoms with Crippen molar-refractivity contribution in [2.75, 3.05) is 16.4 Å². The van der Waals surface area contributed by atoms with Crippen LogP contribution in [0.1, 0.15) is 21.6 Å². The molecule has 3 aromatic carbocycles. The normalized spacial score (nSPS) is 11.1. The molecule has 4 aromatic rings. The molecule has 0 aliphatic heterocycles. The topological polar surface area (TPSA) is 100 Å². The van der Waals surface area contributed by atoms with Gasteiger partial charge in [-0.15, -0.1) is 23.1 Å². The van der Waals surface area contributed by atoms with Gasteiger partial charge in [0.25, 0.3) is 11.8 Å². The monoisotopic (exact) mass is 606 g/mol. The largest absolute Gasteiger partial charge is 0.321 e. The lowest BCUT2D eigenvalue weighted by atomic mass is 10.1. The molecule has 7 nitrogen and oxygen atoms in total. The molecule has 4 rings (SSSR count). The van der Waals surface area contributed by atoms with Gasteiger partial charge in [-0.25, -0.2) is 4.98 Å². The lowest BCUT2D eigenvalue weighted by molar-refractivity contribution is -0.114. The van der Waals surface area contributed by atoms with Gasteiger partial charge in [-0.05, 0) is 61.0 Å². The molecular formula is C28H23BrN4O3S2. The van der Waals surface area contributed by atoms with Crippen LogP contribution in [0.3, 0.4) is 0 Å². The highest BCUT2D eigenvalue weighted by Crippen LogP contribution is 2.23. The molecule has 0 saturated carbocycles. The van der Waals surface area contributed by atoms with E-state index >= 15 is 0 Å². The number of nitrogens with zero attached hydrogens (tertiary/aromatic N) is 1. The Hall–Kier alpha value is -3.73. The van der Waals surface area contributed by atoms with E-state index in [-0.39, 0.29) is 17.4 Å². The van der Waals surface area contributed by atoms with Crippen molar-refractivity contribution in [2.24, 2.45) is 0 Å². The van der Waals surface area contributed by atoms with Crippen LogP contribution >= 0.6 is 39.0 Å². The number of thiazole rings is 1. The number of amides is 3. The van der Waals surface area contributed by atoms with Crippen LogP contribution in [0.5, 0.6) is 0 Å². The van der Waals surface area contributed by atoms with Crippen LogP contribution in [0.4, 0.5) is 10.8 Å². The summed E-state index contributed by atoms with van der Waals surface area (Å²) in [5.41, 5.74) is 2.67. The van der Waals surface area contributed by atoms with Gasteiger partial charge in [0.1, 0.15) is 5.70 Å². The molecule has 0 spiro atoms. The zero-order chi connectivity index (χ0) is 26.9. The van der Waals surface area contributed by atoms with Gasteiger partial charge in [0.05, 0.1) is 11.4 Å². The third-order valence-corrected chi connectivity index (χ3v) is 7.44. The van der Waals surface area contributed by atoms with Crippen molar-refractivity contribution >= 4 is 73.6 Å². The molecule has 3 N–H and O–H groups in total. The van der Waals surface area contributed by atoms with Crippen LogP contribution in [-0.4, -0.2) is 28.5 Å². The molecule has 192 valence electrons. The van der Waals surface area contributed by atoms with Gasteiger partial charge in [-0.3, -0.25) is 14.4 Å². The first-order valence-corrected chi connectivity index (χ1v) is 14.1. The van der Waals surface area contributed by atoms with Crippen molar-refractivity contribution in [1.82, 2.24) is 10.3 Å². The van der Waals surface area contributed by atoms with Gasteiger partial charge < -0.3 is 16.0 Å². The summed E-state index contributed by atoms with van der Waals surface area (Å²) >= 11 is 6.12. The van der Waals surface area contributed by atoms with Crippen LogP contribution < -0.4 is 16.0 Å². The Balaban J connectivity index is 1.45. The predicted octanol–water partition coefficient (Wildman–Crippen LogP) is 6.35. The fourth-order valence-corrected chi connectivity index (χ4v) is 4.97. The Bertz CT molecular complexity index is 1470. The Kier molecular flexibility index (Phi) is 9.47. The number of hydrogen-bond donors (Lipinski definition) is 3. The molecule has 1 heterocycles. The number of rotatable bonds is 9. The number of carbonyl (C=O) groups is 3. The molecule has 38 heavy (non-hydrogen) atoms. The SMILES string of the molecule is Cc1csc(NC(=O)CSc2cccc(NC(=O)/C(=C/c3ccc(Br)cc3)NC(=O)c3ccccc3)c2)n1. The Morgan fingerprint density at radius 2 is 1.74 bits per heavy atom. The number of carbonyl (C=O) groups excluding carboxylic acids is 3. The standard InChI is InChI=1S/C28H23BrN4O3S2/c1-18-16-38-28(30-18)33-25(34)17-37-23-9-5-8-22(15-23)31-27(36)24(14-19-10-12-21(29)13-11-19)32-26(35)20-6-3-2-4-7-20/h2-16H,17H2,1H3,(H,31,36)(H,32,35)(H,30,33,34)/b24-14-. The van der Waals surface area contributed by atoms with Crippen molar-refractivity contribution in [3.05, 3.63) is 111 Å². The van der Waals surface area contributed by atoms with Crippen LogP contribution in [0.15, 0.2) is 99.3 Å². The van der Waals surface area contributed by atoms with E-state index in [4.69, 9.17) is 0 Å². The lowest BCUT2D eigenvalue weighted by Crippen LogP contribution is -2.30. The van der Waals surface area contributed by atoms with Crippen LogP contribution in [0.25, 0.3) is 6.08 Å². The first-order chi connectivity index (χ1) is 18.4. The van der Waals surface area contributed by atoms with Gasteiger partial charge in [0.2, 0.25) is 5.91 Å². The van der Waals surface area contributed by atoms with Gasteiger partial charge in [-0.1, -0.05) is 52.3 Å². The number of hydrogen-bond acceptors (Lipinski definition) is 6. The maximum atomic E-state index is 13.3. The van der Waals surface area contributed by atoms with E-state index in [1.54, 1.807) is 48.5 Å². The maximum absolute atomic E-state index is 13.3. The number of benzene rings is 3. The molecule has 0 fully saturated rings. The van der Waals surface area contributed by atoms with Gasteiger partial charge in [0, 0.05) is 26.0 Å². The number of aryl methyl sites for hydroxylation is 1. The summed E-state index contributed by atoms with van der Waals surface area (Å²) in [6.45, 7) is 1.87. The van der Waals surface area contributed by atoms with Gasteiger partial charge in [0.15, 0.2) is 5.13 Å². The van der Waals surface area contributed by atoms with Crippen molar-refractivity contribution in [3.63, 3.8) is 0 Å². The molecule has 0 atom stereocenters. The Labute approximate surface area is 236 Å². The molecule has 0 radical (unpaired) electrons. The van der Waals surface area contributed by atoms with Crippen molar-refractivity contribution in [2.45, 2.75) is 11.8 Å². The average Bonchev–Trinajstić information content (AvgIpc) is 3.33. The molecule has 0 aliphatic rings. The van der Waals surface area contributed by atoms with E-state index in [9.17, 15) is 14.4 Å². The molecule has 0 saturated heterocycles. The van der Waals surface area contributed by atoms with E-state index in [1.807, 2.05) is 48.7 Å². The molecule has 1 aromatic heterocycles. The minimum Gasteiger partial charge on any atom is -0.321 e. The summed E-state index contributed by atoms with van der Waals surface area (Å²) in [6.07, 6.45) is 1.62. The lowest BCUT2D eigenvalue weighted by Gasteiger charge is -2.12. The van der Waals surface area contributed by atoms with E-state index in [0.717, 1.165) is 20.6 Å². The zero-order valence-electron chi connectivity index (χ0n) is 20.2. The summed E-state index contributed by atoms with van der Waals surface area (Å²) in [5, 5.41) is 10.8. The van der Waals surface area contributed by atoms with Crippen LogP contribution in [0, 0.1) is 6.92 Å². The second kappa shape index (κ2) is 13.2. The highest BCUT2D eigenvalue weighted by molar-refractivity contribution is 9.10. The molecule has 0 aliphatic carbocycles. The fourth-order valence-electron chi connectivity index (χ4n) is 3.25. The number of halogens is 1. The van der Waals surface area contributed by atoms with E-state index in [0.29, 0.717) is 16.4 Å². The molecule has 0 bridgehead atoms. The zero-order valence-corrected chi connectivity index (χ0v) is 23.5. The molecular weight excluding hydrogens is 584 g/mol. The Morgan fingerprint density at radius 3 is 2.45 bits per heavy atom. The summed E-state index contributed by atoms with van der Waals surface area (Å²) in [7, 11) is 0. The summed E-state index contributed by atoms with van der Waals surface area (Å²) in [4.78, 5) is 43.4. The Morgan fingerprint density at radius 1 is 0.974 bits per heavy atom. The molecule has 3 amide bonds. The van der Waals surface area contributed by atoms with Gasteiger partial charge in [-0.2, -0.15) is 0 Å². The maximum Gasteiger partial charge on any atom is 0.272 e. The third kappa shape index (κ3) is 8.14. The highest BCUT2D eigenvalue weighted by atomic mass is 79.9. The number of thioether (sulfide) groups is 1. The highest BCUT2D eigenvalue weighted by Gasteiger charge is 2.15. The minimum absolute atomic E-state index is 0.0948. The summed E-state index contributed by atoms with van der Waals surface area (Å²) in [5.74, 6) is -0.842. The quantitative estimate of drug-likeness (QED) is 0.152. The number of nitrogens with one attached hydrogen (secondary N) is 3. The van der Waals surface area contributed by atoms with E-state index < -0.39 is 11.8 Å². The molecule has 10 heteroatoms. The van der Waals surface area contributed by atoms with E-state index in [2.05, 4.69) is 36.9 Å². The van der Waals surface area contributed by atoms with Crippen molar-refractivity contribution in [3.8, 4) is 0 Å². The summed E-state index contributed by atoms with van der Waals surface area (Å²) < 4.78 is 0.902. The van der Waals surface area contributed by atoms with Crippen molar-refractivity contribution in [1.29, 1.82) is 0 Å². The average molecular weight is 608 g/mol. The first-order valence-electron chi connectivity index (χ1n) is 11.5. The first kappa shape index (κ1) is 27.3. The minimum atomic E-state index is -0.476. The second-order valence-corrected chi connectivity index (χ2v) is 10.9. The van der Waals surface area contributed by atoms with Gasteiger partial charge >= 0.3 is 0 Å². The van der Waals surface area contributed by atoms with Crippen LogP contribution in [0.2, 0.25) is 0 Å². The van der Waals surface area contributed by atoms with E-state index in [1.165, 1.54) is 23.1 Å². The predicted molar refractivity (Wildman–Crippen MR) is 157 cm³/mol. The van der Waals surface area contributed by atoms with Crippen LogP contribution in [-0.2, 0) is 9.59 Å². The smallest absolute Gasteiger partial charge is 0.272 e. The van der Waals surface area contributed by atoms with Crippen molar-refractivity contribution < 1.29 is 14.4 Å². The third-order valence-electron chi connectivity index (χ3n) is 5.04. The fraction of sp³-hybridized carbons (Fsp3) is 0.0714. The second-order valence-electron chi connectivity index (χ2n) is 8.04. The number of anilines is 2. The summed E-state index contributed by atoms with van der Waals surface area (Å²) in [6, 6.07) is 23.2. The molecule has 0 unspecified atom stereocenters. The number of aromatic nitrogens is 1.